The first-order chi connectivity index (χ1) is 9.29. The average Bonchev–Trinajstić information content (AvgIpc) is 3.14. The van der Waals surface area contributed by atoms with Crippen molar-refractivity contribution in [2.45, 2.75) is 24.2 Å². The molecular formula is C12H14BrFN2O3S. The Labute approximate surface area is 124 Å². The Morgan fingerprint density at radius 2 is 2.10 bits per heavy atom. The van der Waals surface area contributed by atoms with Crippen LogP contribution in [0, 0.1) is 11.7 Å². The van der Waals surface area contributed by atoms with Crippen molar-refractivity contribution in [2.24, 2.45) is 11.1 Å². The fraction of sp³-hybridized carbons (Fsp3) is 0.417. The molecule has 0 atom stereocenters. The number of carbonyl (C=O) groups excluding carboxylic acids is 1. The van der Waals surface area contributed by atoms with Crippen LogP contribution in [0.2, 0.25) is 0 Å². The van der Waals surface area contributed by atoms with Crippen LogP contribution in [0.4, 0.5) is 4.39 Å². The first kappa shape index (κ1) is 15.4. The molecule has 0 bridgehead atoms. The molecule has 1 aromatic carbocycles. The maximum absolute atomic E-state index is 14.1. The lowest BCUT2D eigenvalue weighted by Crippen LogP contribution is -2.27. The summed E-state index contributed by atoms with van der Waals surface area (Å²) >= 11 is 3.04. The third-order valence-corrected chi connectivity index (χ3v) is 4.46. The molecule has 0 aliphatic heterocycles. The Morgan fingerprint density at radius 3 is 2.65 bits per heavy atom. The topological polar surface area (TPSA) is 89.3 Å². The number of benzene rings is 1. The molecule has 1 aliphatic carbocycles. The predicted octanol–water partition coefficient (Wildman–Crippen LogP) is 1.77. The number of sulfonamides is 1. The molecule has 20 heavy (non-hydrogen) atoms. The van der Waals surface area contributed by atoms with Gasteiger partial charge in [0.2, 0.25) is 10.0 Å². The zero-order valence-electron chi connectivity index (χ0n) is 10.5. The van der Waals surface area contributed by atoms with E-state index in [1.54, 1.807) is 0 Å². The number of primary sulfonamides is 1. The molecular weight excluding hydrogens is 351 g/mol. The van der Waals surface area contributed by atoms with Crippen LogP contribution in [0.3, 0.4) is 0 Å². The zero-order chi connectivity index (χ0) is 14.9. The molecule has 1 fully saturated rings. The van der Waals surface area contributed by atoms with Crippen molar-refractivity contribution in [3.8, 4) is 0 Å². The first-order valence-electron chi connectivity index (χ1n) is 6.09. The zero-order valence-corrected chi connectivity index (χ0v) is 12.9. The van der Waals surface area contributed by atoms with Gasteiger partial charge in [-0.2, -0.15) is 0 Å². The second kappa shape index (κ2) is 5.79. The van der Waals surface area contributed by atoms with Crippen LogP contribution in [-0.2, 0) is 10.0 Å². The van der Waals surface area contributed by atoms with Crippen LogP contribution in [0.15, 0.2) is 21.5 Å². The number of hydrogen-bond acceptors (Lipinski definition) is 3. The van der Waals surface area contributed by atoms with E-state index in [0.717, 1.165) is 25.3 Å². The summed E-state index contributed by atoms with van der Waals surface area (Å²) in [5.74, 6) is -1.13. The van der Waals surface area contributed by atoms with E-state index in [1.807, 2.05) is 0 Å². The SMILES string of the molecule is NS(=O)(=O)c1cc(Br)cc(C(=O)NCCC2CC2)c1F. The lowest BCUT2D eigenvalue weighted by Gasteiger charge is -2.09. The Morgan fingerprint density at radius 1 is 1.45 bits per heavy atom. The predicted molar refractivity (Wildman–Crippen MR) is 75.1 cm³/mol. The van der Waals surface area contributed by atoms with Crippen LogP contribution in [-0.4, -0.2) is 20.9 Å². The number of nitrogens with two attached hydrogens (primary N) is 1. The third kappa shape index (κ3) is 3.77. The van der Waals surface area contributed by atoms with Crippen molar-refractivity contribution in [1.82, 2.24) is 5.32 Å². The minimum atomic E-state index is -4.22. The molecule has 2 rings (SSSR count). The number of hydrogen-bond donors (Lipinski definition) is 2. The number of carbonyl (C=O) groups is 1. The van der Waals surface area contributed by atoms with Gasteiger partial charge in [-0.25, -0.2) is 17.9 Å². The van der Waals surface area contributed by atoms with Gasteiger partial charge >= 0.3 is 0 Å². The number of rotatable bonds is 5. The van der Waals surface area contributed by atoms with E-state index in [4.69, 9.17) is 5.14 Å². The summed E-state index contributed by atoms with van der Waals surface area (Å²) in [4.78, 5) is 11.2. The Bertz CT molecular complexity index is 644. The summed E-state index contributed by atoms with van der Waals surface area (Å²) in [5.41, 5.74) is -0.334. The first-order valence-corrected chi connectivity index (χ1v) is 8.43. The molecule has 1 saturated carbocycles. The van der Waals surface area contributed by atoms with E-state index < -0.39 is 26.6 Å². The highest BCUT2D eigenvalue weighted by Crippen LogP contribution is 2.31. The second-order valence-electron chi connectivity index (χ2n) is 4.80. The monoisotopic (exact) mass is 364 g/mol. The smallest absolute Gasteiger partial charge is 0.254 e. The maximum atomic E-state index is 14.1. The third-order valence-electron chi connectivity index (χ3n) is 3.09. The highest BCUT2D eigenvalue weighted by molar-refractivity contribution is 9.10. The van der Waals surface area contributed by atoms with Crippen molar-refractivity contribution in [3.05, 3.63) is 28.0 Å². The van der Waals surface area contributed by atoms with Gasteiger partial charge in [-0.3, -0.25) is 4.79 Å². The van der Waals surface area contributed by atoms with Crippen molar-refractivity contribution in [2.75, 3.05) is 6.54 Å². The lowest BCUT2D eigenvalue weighted by atomic mass is 10.2. The molecule has 0 unspecified atom stereocenters. The molecule has 0 heterocycles. The van der Waals surface area contributed by atoms with Crippen molar-refractivity contribution in [1.29, 1.82) is 0 Å². The number of nitrogens with one attached hydrogen (secondary N) is 1. The molecule has 0 saturated heterocycles. The number of halogens is 2. The van der Waals surface area contributed by atoms with Crippen LogP contribution >= 0.6 is 15.9 Å². The summed E-state index contributed by atoms with van der Waals surface area (Å²) in [5, 5.41) is 7.50. The maximum Gasteiger partial charge on any atom is 0.254 e. The second-order valence-corrected chi connectivity index (χ2v) is 7.24. The van der Waals surface area contributed by atoms with E-state index in [9.17, 15) is 17.6 Å². The van der Waals surface area contributed by atoms with E-state index in [-0.39, 0.29) is 10.0 Å². The fourth-order valence-electron chi connectivity index (χ4n) is 1.83. The molecule has 3 N–H and O–H groups in total. The van der Waals surface area contributed by atoms with Crippen LogP contribution in [0.5, 0.6) is 0 Å². The summed E-state index contributed by atoms with van der Waals surface area (Å²) < 4.78 is 36.9. The van der Waals surface area contributed by atoms with E-state index in [0.29, 0.717) is 12.5 Å². The minimum absolute atomic E-state index is 0.273. The van der Waals surface area contributed by atoms with Gasteiger partial charge in [0, 0.05) is 11.0 Å². The van der Waals surface area contributed by atoms with E-state index in [1.165, 1.54) is 6.07 Å². The lowest BCUT2D eigenvalue weighted by molar-refractivity contribution is 0.0948. The Balaban J connectivity index is 2.21. The summed E-state index contributed by atoms with van der Waals surface area (Å²) in [6.45, 7) is 0.445. The molecule has 1 amide bonds. The summed E-state index contributed by atoms with van der Waals surface area (Å²) in [6.07, 6.45) is 3.18. The van der Waals surface area contributed by atoms with Gasteiger partial charge in [-0.15, -0.1) is 0 Å². The summed E-state index contributed by atoms with van der Waals surface area (Å²) in [7, 11) is -4.22. The quantitative estimate of drug-likeness (QED) is 0.833. The van der Waals surface area contributed by atoms with Gasteiger partial charge in [0.05, 0.1) is 5.56 Å². The molecule has 1 aromatic rings. The van der Waals surface area contributed by atoms with Crippen molar-refractivity contribution in [3.63, 3.8) is 0 Å². The van der Waals surface area contributed by atoms with Gasteiger partial charge in [0.25, 0.3) is 5.91 Å². The normalized spacial score (nSPS) is 15.2. The van der Waals surface area contributed by atoms with Gasteiger partial charge < -0.3 is 5.32 Å². The van der Waals surface area contributed by atoms with Gasteiger partial charge in [-0.1, -0.05) is 28.8 Å². The van der Waals surface area contributed by atoms with Crippen LogP contribution in [0.1, 0.15) is 29.6 Å². The van der Waals surface area contributed by atoms with Crippen molar-refractivity contribution >= 4 is 31.9 Å². The summed E-state index contributed by atoms with van der Waals surface area (Å²) in [6, 6.07) is 2.27. The minimum Gasteiger partial charge on any atom is -0.352 e. The molecule has 8 heteroatoms. The average molecular weight is 365 g/mol. The van der Waals surface area contributed by atoms with E-state index >= 15 is 0 Å². The standard InChI is InChI=1S/C12H14BrFN2O3S/c13-8-5-9(11(14)10(6-8)20(15,18)19)12(17)16-4-3-7-1-2-7/h5-7H,1-4H2,(H,16,17)(H2,15,18,19). The molecule has 1 aliphatic rings. The van der Waals surface area contributed by atoms with Gasteiger partial charge in [0.15, 0.2) is 5.82 Å². The van der Waals surface area contributed by atoms with Crippen LogP contribution in [0.25, 0.3) is 0 Å². The highest BCUT2D eigenvalue weighted by atomic mass is 79.9. The molecule has 0 aromatic heterocycles. The Kier molecular flexibility index (Phi) is 4.46. The van der Waals surface area contributed by atoms with Gasteiger partial charge in [0.1, 0.15) is 4.90 Å². The van der Waals surface area contributed by atoms with Gasteiger partial charge in [-0.05, 0) is 24.5 Å². The molecule has 110 valence electrons. The van der Waals surface area contributed by atoms with Crippen molar-refractivity contribution < 1.29 is 17.6 Å². The molecule has 0 spiro atoms. The fourth-order valence-corrected chi connectivity index (χ4v) is 3.09. The molecule has 0 radical (unpaired) electrons. The largest absolute Gasteiger partial charge is 0.352 e. The number of amides is 1. The van der Waals surface area contributed by atoms with Crippen LogP contribution < -0.4 is 10.5 Å². The van der Waals surface area contributed by atoms with E-state index in [2.05, 4.69) is 21.2 Å². The highest BCUT2D eigenvalue weighted by Gasteiger charge is 2.24. The molecule has 5 nitrogen and oxygen atoms in total. The Hall–Kier alpha value is -0.990.